The van der Waals surface area contributed by atoms with E-state index in [1.165, 1.54) is 31.4 Å². The molecule has 1 unspecified atom stereocenters. The summed E-state index contributed by atoms with van der Waals surface area (Å²) < 4.78 is 32.0. The van der Waals surface area contributed by atoms with Crippen molar-refractivity contribution in [3.63, 3.8) is 0 Å². The molecular weight excluding hydrogens is 637 g/mol. The molecule has 2 bridgehead atoms. The lowest BCUT2D eigenvalue weighted by Gasteiger charge is -2.31. The van der Waals surface area contributed by atoms with Gasteiger partial charge in [0.05, 0.1) is 33.3 Å². The number of non-ortho nitro benzene ring substituents is 1. The number of ether oxygens (including phenoxy) is 1. The Morgan fingerprint density at radius 1 is 0.936 bits per heavy atom. The number of sulfone groups is 1. The van der Waals surface area contributed by atoms with E-state index >= 15 is 0 Å². The van der Waals surface area contributed by atoms with E-state index in [2.05, 4.69) is 19.9 Å². The van der Waals surface area contributed by atoms with Crippen molar-refractivity contribution in [2.24, 2.45) is 17.8 Å². The van der Waals surface area contributed by atoms with Crippen LogP contribution in [0.1, 0.15) is 35.2 Å². The van der Waals surface area contributed by atoms with Crippen LogP contribution in [-0.2, 0) is 14.6 Å². The molecule has 0 heterocycles. The largest absolute Gasteiger partial charge is 0.496 e. The van der Waals surface area contributed by atoms with Crippen LogP contribution in [0.25, 0.3) is 11.1 Å². The summed E-state index contributed by atoms with van der Waals surface area (Å²) in [7, 11) is 0.197. The fraction of sp³-hybridized carbons (Fsp3) is 0.257. The minimum absolute atomic E-state index is 0.0261. The number of rotatable bonds is 9. The number of nitrogens with one attached hydrogen (secondary N) is 2. The Morgan fingerprint density at radius 2 is 1.60 bits per heavy atom. The molecule has 2 amide bonds. The van der Waals surface area contributed by atoms with Gasteiger partial charge in [-0.05, 0) is 109 Å². The second-order valence-electron chi connectivity index (χ2n) is 12.1. The standard InChI is InChI=1S/C35H34N3O7PS/c1-20-4-3-5-24(16-20)36-35(40)32-22-6-7-23(17-22)33(32)37-34(39)29-18-28(31(46)19-30(29)45-2)21-8-12-26(13-9-21)47(43,44)27-14-10-25(11-15-27)38(41)42/h3-5,8-16,18-19,22-23,32-33H,6-7,17,46H2,1-2H3,(H,36,40)(H,37,39)/t22-,23+,32+,33-/m1/s1. The van der Waals surface area contributed by atoms with Gasteiger partial charge >= 0.3 is 0 Å². The topological polar surface area (TPSA) is 145 Å². The quantitative estimate of drug-likeness (QED) is 0.132. The number of amides is 2. The Balaban J connectivity index is 1.24. The third kappa shape index (κ3) is 6.38. The predicted molar refractivity (Wildman–Crippen MR) is 182 cm³/mol. The van der Waals surface area contributed by atoms with E-state index in [0.29, 0.717) is 22.4 Å². The Morgan fingerprint density at radius 3 is 2.23 bits per heavy atom. The lowest BCUT2D eigenvalue weighted by atomic mass is 9.83. The third-order valence-corrected chi connectivity index (χ3v) is 11.5. The van der Waals surface area contributed by atoms with E-state index in [0.717, 1.165) is 48.0 Å². The summed E-state index contributed by atoms with van der Waals surface area (Å²) in [5.41, 5.74) is 3.23. The molecule has 0 aromatic heterocycles. The van der Waals surface area contributed by atoms with Crippen LogP contribution >= 0.6 is 9.24 Å². The number of methoxy groups -OCH3 is 1. The molecule has 0 aliphatic heterocycles. The number of carbonyl (C=O) groups excluding carboxylic acids is 2. The molecule has 12 heteroatoms. The maximum Gasteiger partial charge on any atom is 0.269 e. The van der Waals surface area contributed by atoms with Gasteiger partial charge in [-0.15, -0.1) is 9.24 Å². The summed E-state index contributed by atoms with van der Waals surface area (Å²) in [6.45, 7) is 1.97. The second kappa shape index (κ2) is 12.9. The van der Waals surface area contributed by atoms with E-state index in [9.17, 15) is 28.1 Å². The number of nitrogens with zero attached hydrogens (tertiary/aromatic N) is 1. The zero-order valence-electron chi connectivity index (χ0n) is 25.8. The minimum Gasteiger partial charge on any atom is -0.496 e. The highest BCUT2D eigenvalue weighted by atomic mass is 32.2. The maximum absolute atomic E-state index is 13.9. The van der Waals surface area contributed by atoms with Crippen LogP contribution < -0.4 is 20.7 Å². The Kier molecular flexibility index (Phi) is 8.87. The van der Waals surface area contributed by atoms with Crippen LogP contribution in [0.2, 0.25) is 0 Å². The number of hydrogen-bond acceptors (Lipinski definition) is 7. The van der Waals surface area contributed by atoms with Crippen molar-refractivity contribution in [2.45, 2.75) is 42.0 Å². The first-order chi connectivity index (χ1) is 22.5. The highest BCUT2D eigenvalue weighted by Gasteiger charge is 2.51. The van der Waals surface area contributed by atoms with Crippen LogP contribution in [0, 0.1) is 34.8 Å². The molecule has 5 atom stereocenters. The average Bonchev–Trinajstić information content (AvgIpc) is 3.67. The van der Waals surface area contributed by atoms with E-state index in [1.807, 2.05) is 31.2 Å². The first-order valence-corrected chi connectivity index (χ1v) is 17.3. The van der Waals surface area contributed by atoms with Gasteiger partial charge in [0, 0.05) is 23.9 Å². The van der Waals surface area contributed by atoms with Crippen molar-refractivity contribution < 1.29 is 27.7 Å². The van der Waals surface area contributed by atoms with Gasteiger partial charge < -0.3 is 15.4 Å². The molecule has 2 aliphatic carbocycles. The first kappa shape index (κ1) is 32.3. The summed E-state index contributed by atoms with van der Waals surface area (Å²) in [5, 5.41) is 17.9. The van der Waals surface area contributed by atoms with Gasteiger partial charge in [-0.1, -0.05) is 24.3 Å². The summed E-state index contributed by atoms with van der Waals surface area (Å²) in [5.74, 6) is -0.0228. The van der Waals surface area contributed by atoms with Gasteiger partial charge in [-0.25, -0.2) is 8.42 Å². The number of anilines is 1. The lowest BCUT2D eigenvalue weighted by molar-refractivity contribution is -0.384. The SMILES string of the molecule is COc1cc(P)c(-c2ccc(S(=O)(=O)c3ccc([N+](=O)[O-])cc3)cc2)cc1C(=O)N[C@@H]1[C@H]2CC[C@H](C2)[C@@H]1C(=O)Nc1cccc(C)c1. The van der Waals surface area contributed by atoms with Crippen molar-refractivity contribution in [1.82, 2.24) is 5.32 Å². The number of carbonyl (C=O) groups is 2. The average molecular weight is 672 g/mol. The normalized spacial score (nSPS) is 20.1. The van der Waals surface area contributed by atoms with Gasteiger partial charge in [0.25, 0.3) is 11.6 Å². The molecule has 0 saturated heterocycles. The molecule has 10 nitrogen and oxygen atoms in total. The Hall–Kier alpha value is -4.60. The fourth-order valence-electron chi connectivity index (χ4n) is 6.94. The van der Waals surface area contributed by atoms with Gasteiger partial charge in [0.15, 0.2) is 0 Å². The molecule has 2 N–H and O–H groups in total. The van der Waals surface area contributed by atoms with Crippen LogP contribution in [0.4, 0.5) is 11.4 Å². The van der Waals surface area contributed by atoms with Crippen molar-refractivity contribution >= 4 is 47.6 Å². The van der Waals surface area contributed by atoms with E-state index < -0.39 is 14.8 Å². The van der Waals surface area contributed by atoms with Crippen LogP contribution in [0.5, 0.6) is 5.75 Å². The van der Waals surface area contributed by atoms with Crippen LogP contribution in [0.3, 0.4) is 0 Å². The van der Waals surface area contributed by atoms with Crippen molar-refractivity contribution in [1.29, 1.82) is 0 Å². The molecule has 4 aromatic carbocycles. The third-order valence-electron chi connectivity index (χ3n) is 9.25. The number of nitro groups is 1. The molecule has 2 fully saturated rings. The van der Waals surface area contributed by atoms with Crippen LogP contribution in [-0.4, -0.2) is 38.3 Å². The summed E-state index contributed by atoms with van der Waals surface area (Å²) in [4.78, 5) is 37.8. The molecule has 2 aliphatic rings. The number of hydrogen-bond donors (Lipinski definition) is 2. The number of nitro benzene ring substituents is 1. The molecule has 6 rings (SSSR count). The lowest BCUT2D eigenvalue weighted by Crippen LogP contribution is -2.48. The number of benzene rings is 4. The maximum atomic E-state index is 13.9. The summed E-state index contributed by atoms with van der Waals surface area (Å²) in [6.07, 6.45) is 2.79. The highest BCUT2D eigenvalue weighted by Crippen LogP contribution is 2.49. The molecule has 242 valence electrons. The Bertz CT molecular complexity index is 1980. The molecule has 2 saturated carbocycles. The first-order valence-electron chi connectivity index (χ1n) is 15.2. The molecule has 47 heavy (non-hydrogen) atoms. The van der Waals surface area contributed by atoms with Crippen LogP contribution in [0.15, 0.2) is 94.7 Å². The van der Waals surface area contributed by atoms with Gasteiger partial charge in [-0.2, -0.15) is 0 Å². The molecular formula is C35H34N3O7PS. The summed E-state index contributed by atoms with van der Waals surface area (Å²) in [6, 6.07) is 21.7. The van der Waals surface area contributed by atoms with E-state index in [-0.39, 0.29) is 51.1 Å². The highest BCUT2D eigenvalue weighted by molar-refractivity contribution is 7.91. The zero-order chi connectivity index (χ0) is 33.5. The monoisotopic (exact) mass is 671 g/mol. The molecule has 4 aromatic rings. The zero-order valence-corrected chi connectivity index (χ0v) is 27.8. The molecule has 0 spiro atoms. The van der Waals surface area contributed by atoms with Crippen molar-refractivity contribution in [3.05, 3.63) is 106 Å². The van der Waals surface area contributed by atoms with E-state index in [1.54, 1.807) is 24.3 Å². The van der Waals surface area contributed by atoms with Crippen molar-refractivity contribution in [2.75, 3.05) is 12.4 Å². The smallest absolute Gasteiger partial charge is 0.269 e. The minimum atomic E-state index is -3.92. The van der Waals surface area contributed by atoms with Gasteiger partial charge in [0.2, 0.25) is 15.7 Å². The van der Waals surface area contributed by atoms with Gasteiger partial charge in [-0.3, -0.25) is 19.7 Å². The predicted octanol–water partition coefficient (Wildman–Crippen LogP) is 5.70. The van der Waals surface area contributed by atoms with Gasteiger partial charge in [0.1, 0.15) is 5.75 Å². The van der Waals surface area contributed by atoms with Crippen molar-refractivity contribution in [3.8, 4) is 16.9 Å². The number of aryl methyl sites for hydroxylation is 1. The number of fused-ring (bicyclic) bond motifs is 2. The van der Waals surface area contributed by atoms with E-state index in [4.69, 9.17) is 4.74 Å². The fourth-order valence-corrected chi connectivity index (χ4v) is 8.60. The summed E-state index contributed by atoms with van der Waals surface area (Å²) >= 11 is 0. The molecule has 0 radical (unpaired) electrons. The second-order valence-corrected chi connectivity index (χ2v) is 14.7. The Labute approximate surface area is 275 Å².